The summed E-state index contributed by atoms with van der Waals surface area (Å²) in [6, 6.07) is 10.2. The average molecular weight is 387 g/mol. The number of amides is 1. The molecule has 3 rings (SSSR count). The van der Waals surface area contributed by atoms with E-state index in [9.17, 15) is 4.79 Å². The number of rotatable bonds is 7. The minimum absolute atomic E-state index is 0.0734. The lowest BCUT2D eigenvalue weighted by atomic mass is 9.69. The first kappa shape index (κ1) is 19.9. The number of nitrogens with zero attached hydrogens (tertiary/aromatic N) is 2. The van der Waals surface area contributed by atoms with Crippen molar-refractivity contribution in [1.82, 2.24) is 20.5 Å². The second-order valence-electron chi connectivity index (χ2n) is 8.08. The van der Waals surface area contributed by atoms with Gasteiger partial charge in [-0.3, -0.25) is 9.89 Å². The van der Waals surface area contributed by atoms with Crippen LogP contribution in [0.3, 0.4) is 0 Å². The van der Waals surface area contributed by atoms with Crippen LogP contribution in [-0.2, 0) is 4.79 Å². The summed E-state index contributed by atoms with van der Waals surface area (Å²) in [5, 5.41) is 10.9. The fourth-order valence-electron chi connectivity index (χ4n) is 3.74. The largest absolute Gasteiger partial charge is 0.353 e. The molecule has 0 atom stereocenters. The first-order chi connectivity index (χ1) is 13.0. The van der Waals surface area contributed by atoms with Gasteiger partial charge in [0.15, 0.2) is 5.82 Å². The zero-order chi connectivity index (χ0) is 19.3. The topological polar surface area (TPSA) is 70.7 Å². The molecule has 0 bridgehead atoms. The van der Waals surface area contributed by atoms with Crippen molar-refractivity contribution in [3.05, 3.63) is 30.3 Å². The Kier molecular flexibility index (Phi) is 6.58. The van der Waals surface area contributed by atoms with E-state index in [0.717, 1.165) is 30.1 Å². The Bertz CT molecular complexity index is 736. The SMILES string of the molecule is CCC(C)(C)C1CCC(NC(=O)CSc2n[nH]c(-c3ccccc3)n2)CC1. The van der Waals surface area contributed by atoms with Gasteiger partial charge in [-0.25, -0.2) is 4.98 Å². The molecule has 0 spiro atoms. The number of carbonyl (C=O) groups excluding carboxylic acids is 1. The van der Waals surface area contributed by atoms with Crippen LogP contribution < -0.4 is 5.32 Å². The van der Waals surface area contributed by atoms with Crippen LogP contribution in [0.2, 0.25) is 0 Å². The van der Waals surface area contributed by atoms with Crippen LogP contribution in [0.4, 0.5) is 0 Å². The van der Waals surface area contributed by atoms with Crippen LogP contribution in [0.25, 0.3) is 11.4 Å². The molecule has 0 unspecified atom stereocenters. The standard InChI is InChI=1S/C21H30N4OS/c1-4-21(2,3)16-10-12-17(13-11-16)22-18(26)14-27-20-23-19(24-25-20)15-8-6-5-7-9-15/h5-9,16-17H,4,10-14H2,1-3H3,(H,22,26)(H,23,24,25). The van der Waals surface area contributed by atoms with Crippen LogP contribution in [0.5, 0.6) is 0 Å². The molecule has 1 heterocycles. The van der Waals surface area contributed by atoms with Crippen molar-refractivity contribution < 1.29 is 4.79 Å². The van der Waals surface area contributed by atoms with Gasteiger partial charge in [0.05, 0.1) is 5.75 Å². The highest BCUT2D eigenvalue weighted by molar-refractivity contribution is 7.99. The van der Waals surface area contributed by atoms with Gasteiger partial charge < -0.3 is 5.32 Å². The van der Waals surface area contributed by atoms with E-state index >= 15 is 0 Å². The number of aromatic amines is 1. The summed E-state index contributed by atoms with van der Waals surface area (Å²) >= 11 is 1.38. The molecule has 1 aromatic carbocycles. The van der Waals surface area contributed by atoms with Gasteiger partial charge >= 0.3 is 0 Å². The lowest BCUT2D eigenvalue weighted by molar-refractivity contribution is -0.119. The highest BCUT2D eigenvalue weighted by Gasteiger charge is 2.32. The number of H-pyrrole nitrogens is 1. The van der Waals surface area contributed by atoms with Gasteiger partial charge in [-0.1, -0.05) is 69.3 Å². The van der Waals surface area contributed by atoms with Gasteiger partial charge in [0, 0.05) is 11.6 Å². The van der Waals surface area contributed by atoms with Crippen molar-refractivity contribution in [3.63, 3.8) is 0 Å². The number of nitrogens with one attached hydrogen (secondary N) is 2. The van der Waals surface area contributed by atoms with Gasteiger partial charge in [0.2, 0.25) is 11.1 Å². The number of carbonyl (C=O) groups is 1. The second-order valence-corrected chi connectivity index (χ2v) is 9.02. The van der Waals surface area contributed by atoms with E-state index in [2.05, 4.69) is 41.3 Å². The highest BCUT2D eigenvalue weighted by Crippen LogP contribution is 2.40. The van der Waals surface area contributed by atoms with Gasteiger partial charge in [0.1, 0.15) is 0 Å². The van der Waals surface area contributed by atoms with Gasteiger partial charge in [-0.05, 0) is 37.0 Å². The molecule has 2 N–H and O–H groups in total. The monoisotopic (exact) mass is 386 g/mol. The van der Waals surface area contributed by atoms with Crippen molar-refractivity contribution in [2.45, 2.75) is 64.1 Å². The van der Waals surface area contributed by atoms with E-state index in [4.69, 9.17) is 0 Å². The fourth-order valence-corrected chi connectivity index (χ4v) is 4.35. The normalized spacial score (nSPS) is 20.4. The maximum atomic E-state index is 12.3. The van der Waals surface area contributed by atoms with Crippen LogP contribution in [-0.4, -0.2) is 32.9 Å². The molecular formula is C21H30N4OS. The number of benzene rings is 1. The highest BCUT2D eigenvalue weighted by atomic mass is 32.2. The Morgan fingerprint density at radius 1 is 1.22 bits per heavy atom. The quantitative estimate of drug-likeness (QED) is 0.678. The van der Waals surface area contributed by atoms with Crippen molar-refractivity contribution >= 4 is 17.7 Å². The zero-order valence-electron chi connectivity index (χ0n) is 16.5. The molecule has 1 fully saturated rings. The molecule has 146 valence electrons. The first-order valence-corrected chi connectivity index (χ1v) is 10.9. The summed E-state index contributed by atoms with van der Waals surface area (Å²) in [6.07, 6.45) is 5.81. The average Bonchev–Trinajstić information content (AvgIpc) is 3.17. The second kappa shape index (κ2) is 8.91. The van der Waals surface area contributed by atoms with E-state index in [1.54, 1.807) is 0 Å². The van der Waals surface area contributed by atoms with Crippen LogP contribution in [0, 0.1) is 11.3 Å². The van der Waals surface area contributed by atoms with Gasteiger partial charge in [-0.2, -0.15) is 0 Å². The van der Waals surface area contributed by atoms with Crippen molar-refractivity contribution in [3.8, 4) is 11.4 Å². The fraction of sp³-hybridized carbons (Fsp3) is 0.571. The molecule has 2 aromatic rings. The summed E-state index contributed by atoms with van der Waals surface area (Å²) in [5.74, 6) is 1.93. The summed E-state index contributed by atoms with van der Waals surface area (Å²) in [5.41, 5.74) is 1.40. The van der Waals surface area contributed by atoms with E-state index in [0.29, 0.717) is 22.4 Å². The Labute approximate surface area is 166 Å². The molecule has 0 saturated heterocycles. The molecule has 5 nitrogen and oxygen atoms in total. The minimum atomic E-state index is 0.0734. The maximum Gasteiger partial charge on any atom is 0.230 e. The third-order valence-electron chi connectivity index (χ3n) is 5.95. The van der Waals surface area contributed by atoms with Gasteiger partial charge in [0.25, 0.3) is 0 Å². The Balaban J connectivity index is 1.43. The molecule has 27 heavy (non-hydrogen) atoms. The summed E-state index contributed by atoms with van der Waals surface area (Å²) in [7, 11) is 0. The Morgan fingerprint density at radius 3 is 2.59 bits per heavy atom. The molecular weight excluding hydrogens is 356 g/mol. The number of hydrogen-bond acceptors (Lipinski definition) is 4. The lowest BCUT2D eigenvalue weighted by Crippen LogP contribution is -2.40. The lowest BCUT2D eigenvalue weighted by Gasteiger charge is -2.39. The Hall–Kier alpha value is -1.82. The first-order valence-electron chi connectivity index (χ1n) is 9.88. The van der Waals surface area contributed by atoms with E-state index < -0.39 is 0 Å². The predicted molar refractivity (Wildman–Crippen MR) is 111 cm³/mol. The zero-order valence-corrected chi connectivity index (χ0v) is 17.3. The van der Waals surface area contributed by atoms with E-state index in [1.807, 2.05) is 30.3 Å². The number of aromatic nitrogens is 3. The predicted octanol–water partition coefficient (Wildman–Crippen LogP) is 4.68. The molecule has 1 saturated carbocycles. The molecule has 0 radical (unpaired) electrons. The van der Waals surface area contributed by atoms with E-state index in [1.165, 1.54) is 31.0 Å². The molecule has 1 aromatic heterocycles. The third-order valence-corrected chi connectivity index (χ3v) is 6.80. The van der Waals surface area contributed by atoms with Crippen LogP contribution >= 0.6 is 11.8 Å². The Morgan fingerprint density at radius 2 is 1.93 bits per heavy atom. The smallest absolute Gasteiger partial charge is 0.230 e. The molecule has 1 amide bonds. The molecule has 1 aliphatic carbocycles. The minimum Gasteiger partial charge on any atom is -0.353 e. The summed E-state index contributed by atoms with van der Waals surface area (Å²) in [6.45, 7) is 7.01. The van der Waals surface area contributed by atoms with Crippen molar-refractivity contribution in [2.75, 3.05) is 5.75 Å². The molecule has 6 heteroatoms. The van der Waals surface area contributed by atoms with Crippen molar-refractivity contribution in [2.24, 2.45) is 11.3 Å². The number of thioether (sulfide) groups is 1. The van der Waals surface area contributed by atoms with Crippen LogP contribution in [0.1, 0.15) is 52.9 Å². The number of hydrogen-bond donors (Lipinski definition) is 2. The summed E-state index contributed by atoms with van der Waals surface area (Å²) < 4.78 is 0. The van der Waals surface area contributed by atoms with Crippen molar-refractivity contribution in [1.29, 1.82) is 0 Å². The molecule has 1 aliphatic rings. The van der Waals surface area contributed by atoms with Gasteiger partial charge in [-0.15, -0.1) is 5.10 Å². The third kappa shape index (κ3) is 5.34. The van der Waals surface area contributed by atoms with Crippen LogP contribution in [0.15, 0.2) is 35.5 Å². The summed E-state index contributed by atoms with van der Waals surface area (Å²) in [4.78, 5) is 16.8. The van der Waals surface area contributed by atoms with E-state index in [-0.39, 0.29) is 5.91 Å². The molecule has 0 aliphatic heterocycles. The maximum absolute atomic E-state index is 12.3.